The van der Waals surface area contributed by atoms with Crippen molar-refractivity contribution in [1.29, 1.82) is 0 Å². The molecular weight excluding hydrogens is 338 g/mol. The summed E-state index contributed by atoms with van der Waals surface area (Å²) in [5.41, 5.74) is -0.0960. The summed E-state index contributed by atoms with van der Waals surface area (Å²) in [4.78, 5) is 11.2. The molecule has 1 saturated heterocycles. The molecule has 0 aliphatic carbocycles. The largest absolute Gasteiger partial charge is 0.469 e. The summed E-state index contributed by atoms with van der Waals surface area (Å²) in [7, 11) is 1.46. The summed E-state index contributed by atoms with van der Waals surface area (Å²) < 4.78 is 11.0. The first-order valence-electron chi connectivity index (χ1n) is 11.4. The number of nitrogens with one attached hydrogen (secondary N) is 1. The zero-order valence-electron chi connectivity index (χ0n) is 18.5. The summed E-state index contributed by atoms with van der Waals surface area (Å²) in [6, 6.07) is 0. The lowest BCUT2D eigenvalue weighted by Crippen LogP contribution is -2.48. The maximum atomic E-state index is 11.2. The SMILES string of the molecule is CCCCCCCCCCCC1(CCCCCC(=O)OC)NC(C)(C)CO1. The Morgan fingerprint density at radius 3 is 1.89 bits per heavy atom. The Kier molecular flexibility index (Phi) is 12.3. The molecule has 160 valence electrons. The molecular formula is C23H45NO3. The molecule has 1 aliphatic heterocycles. The minimum atomic E-state index is -0.157. The van der Waals surface area contributed by atoms with Crippen molar-refractivity contribution in [3.63, 3.8) is 0 Å². The van der Waals surface area contributed by atoms with Gasteiger partial charge in [-0.15, -0.1) is 0 Å². The highest BCUT2D eigenvalue weighted by Crippen LogP contribution is 2.33. The third-order valence-corrected chi connectivity index (χ3v) is 5.65. The van der Waals surface area contributed by atoms with Crippen molar-refractivity contribution >= 4 is 5.97 Å². The molecule has 0 aromatic heterocycles. The topological polar surface area (TPSA) is 47.6 Å². The lowest BCUT2D eigenvalue weighted by Gasteiger charge is -2.31. The van der Waals surface area contributed by atoms with E-state index in [-0.39, 0.29) is 17.2 Å². The first kappa shape index (κ1) is 24.4. The monoisotopic (exact) mass is 383 g/mol. The van der Waals surface area contributed by atoms with Crippen molar-refractivity contribution in [2.24, 2.45) is 0 Å². The number of methoxy groups -OCH3 is 1. The van der Waals surface area contributed by atoms with Crippen molar-refractivity contribution in [1.82, 2.24) is 5.32 Å². The van der Waals surface area contributed by atoms with E-state index in [1.54, 1.807) is 0 Å². The second-order valence-corrected chi connectivity index (χ2v) is 9.01. The second-order valence-electron chi connectivity index (χ2n) is 9.01. The van der Waals surface area contributed by atoms with E-state index in [2.05, 4.69) is 26.1 Å². The summed E-state index contributed by atoms with van der Waals surface area (Å²) in [5.74, 6) is -0.101. The molecule has 4 heteroatoms. The van der Waals surface area contributed by atoms with Crippen LogP contribution < -0.4 is 5.32 Å². The maximum absolute atomic E-state index is 11.2. The van der Waals surface area contributed by atoms with E-state index >= 15 is 0 Å². The van der Waals surface area contributed by atoms with Crippen LogP contribution in [0.25, 0.3) is 0 Å². The van der Waals surface area contributed by atoms with Gasteiger partial charge in [-0.3, -0.25) is 10.1 Å². The molecule has 1 rings (SSSR count). The first-order valence-corrected chi connectivity index (χ1v) is 11.4. The standard InChI is InChI=1S/C23H45NO3/c1-5-6-7-8-9-10-11-12-15-18-23(24-22(2,3)20-27-23)19-16-13-14-17-21(25)26-4/h24H,5-20H2,1-4H3. The molecule has 0 radical (unpaired) electrons. The number of esters is 1. The van der Waals surface area contributed by atoms with Crippen LogP contribution in [0, 0.1) is 0 Å². The van der Waals surface area contributed by atoms with E-state index in [4.69, 9.17) is 9.47 Å². The predicted molar refractivity (Wildman–Crippen MR) is 113 cm³/mol. The molecule has 1 unspecified atom stereocenters. The van der Waals surface area contributed by atoms with Crippen LogP contribution in [0.3, 0.4) is 0 Å². The number of unbranched alkanes of at least 4 members (excludes halogenated alkanes) is 10. The van der Waals surface area contributed by atoms with Gasteiger partial charge in [0.1, 0.15) is 5.72 Å². The Morgan fingerprint density at radius 2 is 1.41 bits per heavy atom. The fourth-order valence-corrected chi connectivity index (χ4v) is 4.08. The van der Waals surface area contributed by atoms with Gasteiger partial charge in [0, 0.05) is 12.0 Å². The van der Waals surface area contributed by atoms with E-state index in [9.17, 15) is 4.79 Å². The van der Waals surface area contributed by atoms with Crippen molar-refractivity contribution in [2.45, 2.75) is 128 Å². The molecule has 4 nitrogen and oxygen atoms in total. The highest BCUT2D eigenvalue weighted by atomic mass is 16.5. The van der Waals surface area contributed by atoms with Gasteiger partial charge in [0.15, 0.2) is 0 Å². The van der Waals surface area contributed by atoms with E-state index in [0.717, 1.165) is 38.7 Å². The molecule has 1 aliphatic rings. The van der Waals surface area contributed by atoms with Gasteiger partial charge in [0.2, 0.25) is 0 Å². The number of ether oxygens (including phenoxy) is 2. The van der Waals surface area contributed by atoms with E-state index < -0.39 is 0 Å². The van der Waals surface area contributed by atoms with Crippen LogP contribution in [0.4, 0.5) is 0 Å². The Morgan fingerprint density at radius 1 is 0.889 bits per heavy atom. The third kappa shape index (κ3) is 11.1. The van der Waals surface area contributed by atoms with Crippen LogP contribution in [0.15, 0.2) is 0 Å². The minimum absolute atomic E-state index is 0.0608. The Labute approximate surface area is 168 Å². The maximum Gasteiger partial charge on any atom is 0.305 e. The number of rotatable bonds is 16. The predicted octanol–water partition coefficient (Wildman–Crippen LogP) is 6.13. The fourth-order valence-electron chi connectivity index (χ4n) is 4.08. The van der Waals surface area contributed by atoms with Crippen LogP contribution in [0.5, 0.6) is 0 Å². The molecule has 1 heterocycles. The second kappa shape index (κ2) is 13.5. The number of hydrogen-bond acceptors (Lipinski definition) is 4. The van der Waals surface area contributed by atoms with Crippen LogP contribution in [-0.2, 0) is 14.3 Å². The van der Waals surface area contributed by atoms with E-state index in [1.165, 1.54) is 64.9 Å². The Bertz CT molecular complexity index is 397. The smallest absolute Gasteiger partial charge is 0.305 e. The lowest BCUT2D eigenvalue weighted by atomic mass is 9.95. The average Bonchev–Trinajstić information content (AvgIpc) is 2.95. The average molecular weight is 384 g/mol. The van der Waals surface area contributed by atoms with Crippen LogP contribution >= 0.6 is 0 Å². The number of carbonyl (C=O) groups is 1. The summed E-state index contributed by atoms with van der Waals surface area (Å²) in [5, 5.41) is 3.77. The van der Waals surface area contributed by atoms with Gasteiger partial charge in [-0.2, -0.15) is 0 Å². The summed E-state index contributed by atoms with van der Waals surface area (Å²) >= 11 is 0. The van der Waals surface area contributed by atoms with E-state index in [0.29, 0.717) is 6.42 Å². The molecule has 1 N–H and O–H groups in total. The quantitative estimate of drug-likeness (QED) is 0.257. The van der Waals surface area contributed by atoms with Gasteiger partial charge in [0.25, 0.3) is 0 Å². The first-order chi connectivity index (χ1) is 12.9. The van der Waals surface area contributed by atoms with Gasteiger partial charge < -0.3 is 9.47 Å². The van der Waals surface area contributed by atoms with E-state index in [1.807, 2.05) is 0 Å². The summed E-state index contributed by atoms with van der Waals surface area (Å²) in [6.07, 6.45) is 17.9. The molecule has 0 bridgehead atoms. The molecule has 1 fully saturated rings. The fraction of sp³-hybridized carbons (Fsp3) is 0.957. The van der Waals surface area contributed by atoms with Crippen molar-refractivity contribution in [3.05, 3.63) is 0 Å². The molecule has 0 spiro atoms. The molecule has 0 aromatic rings. The highest BCUT2D eigenvalue weighted by Gasteiger charge is 2.42. The van der Waals surface area contributed by atoms with Gasteiger partial charge in [-0.1, -0.05) is 64.7 Å². The molecule has 0 amide bonds. The van der Waals surface area contributed by atoms with Crippen molar-refractivity contribution in [2.75, 3.05) is 13.7 Å². The molecule has 1 atom stereocenters. The normalized spacial score (nSPS) is 21.5. The lowest BCUT2D eigenvalue weighted by molar-refractivity contribution is -0.140. The zero-order chi connectivity index (χ0) is 20.0. The highest BCUT2D eigenvalue weighted by molar-refractivity contribution is 5.68. The van der Waals surface area contributed by atoms with Gasteiger partial charge in [-0.05, 0) is 46.0 Å². The van der Waals surface area contributed by atoms with Crippen LogP contribution in [0.2, 0.25) is 0 Å². The molecule has 0 aromatic carbocycles. The number of hydrogen-bond donors (Lipinski definition) is 1. The Hall–Kier alpha value is -0.610. The van der Waals surface area contributed by atoms with Gasteiger partial charge in [0.05, 0.1) is 13.7 Å². The number of carbonyl (C=O) groups excluding carboxylic acids is 1. The zero-order valence-corrected chi connectivity index (χ0v) is 18.5. The third-order valence-electron chi connectivity index (χ3n) is 5.65. The van der Waals surface area contributed by atoms with Crippen LogP contribution in [-0.4, -0.2) is 30.9 Å². The van der Waals surface area contributed by atoms with Crippen LogP contribution in [0.1, 0.15) is 117 Å². The van der Waals surface area contributed by atoms with Crippen molar-refractivity contribution < 1.29 is 14.3 Å². The summed E-state index contributed by atoms with van der Waals surface area (Å²) in [6.45, 7) is 7.51. The van der Waals surface area contributed by atoms with Gasteiger partial charge >= 0.3 is 5.97 Å². The minimum Gasteiger partial charge on any atom is -0.469 e. The molecule has 0 saturated carbocycles. The van der Waals surface area contributed by atoms with Gasteiger partial charge in [-0.25, -0.2) is 0 Å². The van der Waals surface area contributed by atoms with Crippen molar-refractivity contribution in [3.8, 4) is 0 Å². The molecule has 27 heavy (non-hydrogen) atoms. The Balaban J connectivity index is 2.22.